The maximum absolute atomic E-state index is 13.3. The molecule has 0 bridgehead atoms. The minimum atomic E-state index is -0.0279. The predicted molar refractivity (Wildman–Crippen MR) is 134 cm³/mol. The van der Waals surface area contributed by atoms with Crippen molar-refractivity contribution < 1.29 is 45.1 Å². The van der Waals surface area contributed by atoms with Gasteiger partial charge in [-0.15, -0.1) is 0 Å². The molecule has 178 valence electrons. The fraction of sp³-hybridized carbons (Fsp3) is 0.179. The van der Waals surface area contributed by atoms with Crippen LogP contribution in [0.3, 0.4) is 0 Å². The standard InChI is InChI=1S/C28H24N4O3.U/c1-3-4-8-22-27(26-11-7-18-35-26)30-21-13-12-20(19-23(21)29-22)28(33)32-16-14-31(15-17-32)24-9-5-6-10-25(24)34-2;/h1,3-7,9-13,18-19H,14-17H2,2H3;/q-2;+2. The Hall–Kier alpha value is -3.34. The maximum atomic E-state index is 13.3. The molecule has 2 aromatic heterocycles. The molecule has 1 amide bonds. The number of carbonyl (C=O) groups is 1. The van der Waals surface area contributed by atoms with Crippen LogP contribution in [0.15, 0.2) is 77.4 Å². The normalized spacial score (nSPS) is 13.6. The van der Waals surface area contributed by atoms with Crippen LogP contribution in [0.1, 0.15) is 16.1 Å². The first-order valence-corrected chi connectivity index (χ1v) is 11.3. The summed E-state index contributed by atoms with van der Waals surface area (Å²) < 4.78 is 11.0. The molecule has 3 heterocycles. The van der Waals surface area contributed by atoms with Gasteiger partial charge in [0.05, 0.1) is 35.9 Å². The number of furan rings is 1. The number of anilines is 1. The molecule has 1 aliphatic heterocycles. The van der Waals surface area contributed by atoms with Gasteiger partial charge in [-0.2, -0.15) is 0 Å². The Morgan fingerprint density at radius 2 is 1.86 bits per heavy atom. The van der Waals surface area contributed by atoms with Gasteiger partial charge in [0.15, 0.2) is 0 Å². The first-order valence-electron chi connectivity index (χ1n) is 11.3. The van der Waals surface area contributed by atoms with Gasteiger partial charge in [-0.05, 0) is 48.2 Å². The maximum Gasteiger partial charge on any atom is 2.00 e. The number of carbonyl (C=O) groups excluding carboxylic acids is 1. The number of para-hydroxylation sites is 2. The number of rotatable bonds is 6. The van der Waals surface area contributed by atoms with Crippen LogP contribution in [-0.4, -0.2) is 54.1 Å². The van der Waals surface area contributed by atoms with E-state index in [-0.39, 0.29) is 37.0 Å². The van der Waals surface area contributed by atoms with Crippen molar-refractivity contribution in [3.05, 3.63) is 96.9 Å². The molecular formula is C28H24N4O3U. The van der Waals surface area contributed by atoms with E-state index in [4.69, 9.17) is 25.7 Å². The Kier molecular flexibility index (Phi) is 8.29. The summed E-state index contributed by atoms with van der Waals surface area (Å²) in [7, 11) is 1.67. The quantitative estimate of drug-likeness (QED) is 0.217. The van der Waals surface area contributed by atoms with Crippen molar-refractivity contribution in [3.8, 4) is 17.2 Å². The second kappa shape index (κ2) is 11.6. The Bertz CT molecular complexity index is 1390. The van der Waals surface area contributed by atoms with E-state index >= 15 is 0 Å². The Morgan fingerprint density at radius 1 is 1.06 bits per heavy atom. The Labute approximate surface area is 233 Å². The molecule has 1 saturated heterocycles. The first kappa shape index (κ1) is 25.7. The van der Waals surface area contributed by atoms with Crippen LogP contribution in [0.2, 0.25) is 0 Å². The van der Waals surface area contributed by atoms with Crippen LogP contribution in [0.4, 0.5) is 5.69 Å². The van der Waals surface area contributed by atoms with Gasteiger partial charge in [0.2, 0.25) is 0 Å². The van der Waals surface area contributed by atoms with Gasteiger partial charge in [-0.25, -0.2) is 0 Å². The number of allylic oxidation sites excluding steroid dienone is 2. The third-order valence-electron chi connectivity index (χ3n) is 5.97. The molecule has 1 aliphatic rings. The smallest absolute Gasteiger partial charge is 0.495 e. The van der Waals surface area contributed by atoms with E-state index in [9.17, 15) is 4.79 Å². The molecule has 1 fully saturated rings. The summed E-state index contributed by atoms with van der Waals surface area (Å²) in [5.41, 5.74) is 3.94. The molecule has 0 radical (unpaired) electrons. The van der Waals surface area contributed by atoms with Crippen LogP contribution in [0, 0.1) is 43.8 Å². The summed E-state index contributed by atoms with van der Waals surface area (Å²) in [4.78, 5) is 26.8. The minimum absolute atomic E-state index is 0. The number of piperazine rings is 1. The predicted octanol–water partition coefficient (Wildman–Crippen LogP) is 4.56. The first-order chi connectivity index (χ1) is 17.2. The third kappa shape index (κ3) is 5.25. The molecule has 0 aliphatic carbocycles. The number of benzene rings is 2. The molecule has 0 unspecified atom stereocenters. The second-order valence-corrected chi connectivity index (χ2v) is 8.06. The number of fused-ring (bicyclic) bond motifs is 1. The average molecular weight is 703 g/mol. The van der Waals surface area contributed by atoms with Gasteiger partial charge >= 0.3 is 31.1 Å². The number of methoxy groups -OCH3 is 1. The monoisotopic (exact) mass is 702 g/mol. The number of hydrogen-bond donors (Lipinski definition) is 0. The van der Waals surface area contributed by atoms with E-state index in [0.29, 0.717) is 46.8 Å². The van der Waals surface area contributed by atoms with Crippen molar-refractivity contribution in [2.45, 2.75) is 0 Å². The molecule has 0 spiro atoms. The van der Waals surface area contributed by atoms with Crippen LogP contribution < -0.4 is 9.64 Å². The topological polar surface area (TPSA) is 71.7 Å². The molecule has 36 heavy (non-hydrogen) atoms. The van der Waals surface area contributed by atoms with Gasteiger partial charge in [-0.3, -0.25) is 15.9 Å². The van der Waals surface area contributed by atoms with E-state index in [2.05, 4.69) is 11.0 Å². The van der Waals surface area contributed by atoms with E-state index in [1.807, 2.05) is 41.3 Å². The number of hydrogen-bond acceptors (Lipinski definition) is 6. The molecule has 0 saturated carbocycles. The fourth-order valence-electron chi connectivity index (χ4n) is 4.22. The summed E-state index contributed by atoms with van der Waals surface area (Å²) in [6, 6.07) is 16.9. The van der Waals surface area contributed by atoms with Gasteiger partial charge in [-0.1, -0.05) is 12.1 Å². The zero-order chi connectivity index (χ0) is 24.2. The van der Waals surface area contributed by atoms with Gasteiger partial charge in [0.1, 0.15) is 5.75 Å². The molecule has 4 aromatic rings. The summed E-state index contributed by atoms with van der Waals surface area (Å²) in [6.07, 6.45) is 7.56. The number of ether oxygens (including phenoxy) is 1. The van der Waals surface area contributed by atoms with Crippen molar-refractivity contribution in [2.75, 3.05) is 38.2 Å². The van der Waals surface area contributed by atoms with Gasteiger partial charge < -0.3 is 42.7 Å². The van der Waals surface area contributed by atoms with Crippen molar-refractivity contribution in [2.24, 2.45) is 0 Å². The summed E-state index contributed by atoms with van der Waals surface area (Å²) in [5, 5.41) is 0. The van der Waals surface area contributed by atoms with E-state index in [1.54, 1.807) is 37.6 Å². The molecule has 2 aromatic carbocycles. The van der Waals surface area contributed by atoms with Crippen LogP contribution >= 0.6 is 0 Å². The SMILES string of the molecule is [CH-]=CC=[C-]c1nc2cc(C(=O)N3CCN(c4ccccc4OC)CC3)ccc2nc1-c1ccco1.[U+2]. The van der Waals surface area contributed by atoms with Crippen LogP contribution in [-0.2, 0) is 0 Å². The number of amides is 1. The number of aromatic nitrogens is 2. The zero-order valence-corrected chi connectivity index (χ0v) is 24.0. The van der Waals surface area contributed by atoms with Crippen LogP contribution in [0.25, 0.3) is 22.5 Å². The van der Waals surface area contributed by atoms with Gasteiger partial charge in [0, 0.05) is 37.4 Å². The Balaban J connectivity index is 0.00000304. The molecule has 0 N–H and O–H groups in total. The zero-order valence-electron chi connectivity index (χ0n) is 19.8. The number of nitrogens with zero attached hydrogens (tertiary/aromatic N) is 4. The summed E-state index contributed by atoms with van der Waals surface area (Å²) in [5.74, 6) is 1.39. The van der Waals surface area contributed by atoms with Crippen molar-refractivity contribution in [1.29, 1.82) is 0 Å². The summed E-state index contributed by atoms with van der Waals surface area (Å²) in [6.45, 7) is 8.18. The third-order valence-corrected chi connectivity index (χ3v) is 5.97. The van der Waals surface area contributed by atoms with Crippen molar-refractivity contribution >= 4 is 22.6 Å². The van der Waals surface area contributed by atoms with Crippen molar-refractivity contribution in [3.63, 3.8) is 0 Å². The fourth-order valence-corrected chi connectivity index (χ4v) is 4.22. The molecule has 8 heteroatoms. The van der Waals surface area contributed by atoms with E-state index < -0.39 is 0 Å². The molecular weight excluding hydrogens is 678 g/mol. The van der Waals surface area contributed by atoms with Crippen molar-refractivity contribution in [1.82, 2.24) is 14.9 Å². The van der Waals surface area contributed by atoms with E-state index in [0.717, 1.165) is 24.5 Å². The summed E-state index contributed by atoms with van der Waals surface area (Å²) >= 11 is 0. The minimum Gasteiger partial charge on any atom is -0.495 e. The average Bonchev–Trinajstić information content (AvgIpc) is 3.45. The van der Waals surface area contributed by atoms with E-state index in [1.165, 1.54) is 6.08 Å². The molecule has 5 rings (SSSR count). The van der Waals surface area contributed by atoms with Gasteiger partial charge in [0.25, 0.3) is 5.91 Å². The molecule has 7 nitrogen and oxygen atoms in total. The van der Waals surface area contributed by atoms with Crippen LogP contribution in [0.5, 0.6) is 5.75 Å². The second-order valence-electron chi connectivity index (χ2n) is 8.06. The molecule has 0 atom stereocenters. The Morgan fingerprint density at radius 3 is 2.58 bits per heavy atom. The largest absolute Gasteiger partial charge is 2.00 e.